The first-order valence-electron chi connectivity index (χ1n) is 3.75. The van der Waals surface area contributed by atoms with Crippen molar-refractivity contribution in [2.75, 3.05) is 13.7 Å². The van der Waals surface area contributed by atoms with Crippen LogP contribution in [0, 0.1) is 0 Å². The first-order valence-corrected chi connectivity index (χ1v) is 6.01. The second-order valence-electron chi connectivity index (χ2n) is 2.38. The van der Waals surface area contributed by atoms with Crippen molar-refractivity contribution in [3.8, 4) is 0 Å². The zero-order valence-electron chi connectivity index (χ0n) is 7.49. The molecule has 0 aromatic rings. The maximum Gasteiger partial charge on any atom is 0.424 e. The molecule has 0 aliphatic rings. The van der Waals surface area contributed by atoms with Gasteiger partial charge in [-0.3, -0.25) is 0 Å². The van der Waals surface area contributed by atoms with E-state index >= 15 is 0 Å². The molecule has 0 unspecified atom stereocenters. The van der Waals surface area contributed by atoms with Gasteiger partial charge in [0.25, 0.3) is 0 Å². The van der Waals surface area contributed by atoms with Crippen LogP contribution in [0.3, 0.4) is 0 Å². The van der Waals surface area contributed by atoms with E-state index in [0.29, 0.717) is 10.7 Å². The fourth-order valence-electron chi connectivity index (χ4n) is 0.484. The van der Waals surface area contributed by atoms with Gasteiger partial charge in [0.1, 0.15) is 0 Å². The molecule has 0 radical (unpaired) electrons. The van der Waals surface area contributed by atoms with Gasteiger partial charge in [-0.1, -0.05) is 13.3 Å². The molecule has 0 bridgehead atoms. The number of hydrogen-bond donors (Lipinski definition) is 0. The molecule has 5 nitrogen and oxygen atoms in total. The molecule has 0 saturated heterocycles. The number of carbonyl (C=O) groups is 1. The third kappa shape index (κ3) is 4.94. The largest absolute Gasteiger partial charge is 0.449 e. The molecule has 7 heteroatoms. The summed E-state index contributed by atoms with van der Waals surface area (Å²) in [6.45, 7) is 2.13. The minimum Gasteiger partial charge on any atom is -0.449 e. The Hall–Kier alpha value is -0.490. The average molecular weight is 230 g/mol. The smallest absolute Gasteiger partial charge is 0.424 e. The summed E-state index contributed by atoms with van der Waals surface area (Å²) in [6, 6.07) is 0. The second-order valence-corrected chi connectivity index (χ2v) is 4.92. The van der Waals surface area contributed by atoms with E-state index in [2.05, 4.69) is 4.74 Å². The number of rotatable bonds is 4. The lowest BCUT2D eigenvalue weighted by atomic mass is 10.4. The van der Waals surface area contributed by atoms with E-state index in [-0.39, 0.29) is 6.61 Å². The molecule has 0 aromatic heterocycles. The zero-order chi connectivity index (χ0) is 10.5. The lowest BCUT2D eigenvalue weighted by Crippen LogP contribution is -2.30. The highest BCUT2D eigenvalue weighted by molar-refractivity contribution is 8.12. The highest BCUT2D eigenvalue weighted by Gasteiger charge is 2.21. The van der Waals surface area contributed by atoms with Crippen LogP contribution in [0.15, 0.2) is 0 Å². The van der Waals surface area contributed by atoms with E-state index in [1.54, 1.807) is 0 Å². The first-order chi connectivity index (χ1) is 5.89. The fourth-order valence-corrected chi connectivity index (χ4v) is 0.884. The Bertz CT molecular complexity index is 264. The number of halogens is 1. The van der Waals surface area contributed by atoms with Crippen LogP contribution in [0.1, 0.15) is 19.8 Å². The van der Waals surface area contributed by atoms with Crippen LogP contribution < -0.4 is 0 Å². The number of unbranched alkanes of at least 4 members (excludes halogenated alkanes) is 1. The molecule has 0 spiro atoms. The van der Waals surface area contributed by atoms with Gasteiger partial charge in [0.15, 0.2) is 0 Å². The third-order valence-electron chi connectivity index (χ3n) is 1.31. The minimum absolute atomic E-state index is 0.200. The van der Waals surface area contributed by atoms with Gasteiger partial charge >= 0.3 is 15.3 Å². The van der Waals surface area contributed by atoms with Gasteiger partial charge in [0.05, 0.1) is 6.61 Å². The molecule has 0 aliphatic heterocycles. The summed E-state index contributed by atoms with van der Waals surface area (Å²) in [4.78, 5) is 10.9. The Labute approximate surface area is 82.2 Å². The Kier molecular flexibility index (Phi) is 5.09. The molecule has 1 amide bonds. The summed E-state index contributed by atoms with van der Waals surface area (Å²) in [5.41, 5.74) is 0. The standard InChI is InChI=1S/C6H12ClNO4S/c1-3-4-5-12-6(9)8(2)13(7,10)11/h3-5H2,1-2H3. The lowest BCUT2D eigenvalue weighted by Gasteiger charge is -2.12. The maximum atomic E-state index is 10.9. The van der Waals surface area contributed by atoms with Crippen molar-refractivity contribution in [2.45, 2.75) is 19.8 Å². The number of amides is 1. The van der Waals surface area contributed by atoms with Gasteiger partial charge in [-0.2, -0.15) is 12.7 Å². The molecule has 0 heterocycles. The molecule has 0 atom stereocenters. The van der Waals surface area contributed by atoms with Crippen LogP contribution in [0.5, 0.6) is 0 Å². The summed E-state index contributed by atoms with van der Waals surface area (Å²) in [5.74, 6) is 0. The van der Waals surface area contributed by atoms with E-state index in [9.17, 15) is 13.2 Å². The maximum absolute atomic E-state index is 10.9. The van der Waals surface area contributed by atoms with Gasteiger partial charge in [0, 0.05) is 17.7 Å². The monoisotopic (exact) mass is 229 g/mol. The van der Waals surface area contributed by atoms with Gasteiger partial charge in [-0.25, -0.2) is 4.79 Å². The SMILES string of the molecule is CCCCOC(=O)N(C)S(=O)(=O)Cl. The van der Waals surface area contributed by atoms with Crippen molar-refractivity contribution >= 4 is 26.0 Å². The summed E-state index contributed by atoms with van der Waals surface area (Å²) in [6.07, 6.45) is 0.607. The Morgan fingerprint density at radius 1 is 1.54 bits per heavy atom. The topological polar surface area (TPSA) is 63.7 Å². The van der Waals surface area contributed by atoms with E-state index < -0.39 is 15.3 Å². The van der Waals surface area contributed by atoms with Crippen LogP contribution in [0.2, 0.25) is 0 Å². The third-order valence-corrected chi connectivity index (χ3v) is 2.73. The van der Waals surface area contributed by atoms with Crippen molar-refractivity contribution in [2.24, 2.45) is 0 Å². The van der Waals surface area contributed by atoms with Gasteiger partial charge in [-0.05, 0) is 6.42 Å². The van der Waals surface area contributed by atoms with Gasteiger partial charge in [0.2, 0.25) is 0 Å². The van der Waals surface area contributed by atoms with Gasteiger partial charge < -0.3 is 4.74 Å². The van der Waals surface area contributed by atoms with Crippen LogP contribution in [-0.4, -0.2) is 32.5 Å². The van der Waals surface area contributed by atoms with Crippen molar-refractivity contribution < 1.29 is 17.9 Å². The lowest BCUT2D eigenvalue weighted by molar-refractivity contribution is 0.129. The Morgan fingerprint density at radius 2 is 2.08 bits per heavy atom. The van der Waals surface area contributed by atoms with Crippen molar-refractivity contribution in [3.05, 3.63) is 0 Å². The summed E-state index contributed by atoms with van der Waals surface area (Å²) in [7, 11) is 1.92. The first kappa shape index (κ1) is 12.5. The van der Waals surface area contributed by atoms with Gasteiger partial charge in [-0.15, -0.1) is 0 Å². The van der Waals surface area contributed by atoms with Crippen molar-refractivity contribution in [1.29, 1.82) is 0 Å². The van der Waals surface area contributed by atoms with Crippen molar-refractivity contribution in [3.63, 3.8) is 0 Å². The van der Waals surface area contributed by atoms with E-state index in [1.165, 1.54) is 0 Å². The predicted molar refractivity (Wildman–Crippen MR) is 48.8 cm³/mol. The quantitative estimate of drug-likeness (QED) is 0.539. The van der Waals surface area contributed by atoms with Crippen LogP contribution >= 0.6 is 10.7 Å². The summed E-state index contributed by atoms with van der Waals surface area (Å²) < 4.78 is 26.1. The Morgan fingerprint density at radius 3 is 2.46 bits per heavy atom. The van der Waals surface area contributed by atoms with E-state index in [0.717, 1.165) is 13.5 Å². The van der Waals surface area contributed by atoms with Crippen molar-refractivity contribution in [1.82, 2.24) is 4.31 Å². The molecule has 0 rings (SSSR count). The highest BCUT2D eigenvalue weighted by atomic mass is 35.7. The number of nitrogens with zero attached hydrogens (tertiary/aromatic N) is 1. The molecule has 13 heavy (non-hydrogen) atoms. The normalized spacial score (nSPS) is 11.0. The van der Waals surface area contributed by atoms with E-state index in [4.69, 9.17) is 10.7 Å². The van der Waals surface area contributed by atoms with Crippen LogP contribution in [-0.2, 0) is 14.0 Å². The molecule has 0 saturated carbocycles. The molecular formula is C6H12ClNO4S. The minimum atomic E-state index is -4.01. The zero-order valence-corrected chi connectivity index (χ0v) is 9.06. The molecule has 0 aliphatic carbocycles. The molecule has 0 aromatic carbocycles. The summed E-state index contributed by atoms with van der Waals surface area (Å²) in [5, 5.41) is 0. The Balaban J connectivity index is 3.99. The molecule has 0 fully saturated rings. The van der Waals surface area contributed by atoms with E-state index in [1.807, 2.05) is 6.92 Å². The number of ether oxygens (including phenoxy) is 1. The molecule has 0 N–H and O–H groups in total. The fraction of sp³-hybridized carbons (Fsp3) is 0.833. The number of carbonyl (C=O) groups excluding carboxylic acids is 1. The average Bonchev–Trinajstić information content (AvgIpc) is 2.01. The highest BCUT2D eigenvalue weighted by Crippen LogP contribution is 2.05. The molecule has 78 valence electrons. The number of hydrogen-bond acceptors (Lipinski definition) is 4. The van der Waals surface area contributed by atoms with Crippen LogP contribution in [0.25, 0.3) is 0 Å². The molecular weight excluding hydrogens is 218 g/mol. The predicted octanol–water partition coefficient (Wildman–Crippen LogP) is 1.34. The summed E-state index contributed by atoms with van der Waals surface area (Å²) >= 11 is 0. The van der Waals surface area contributed by atoms with Crippen LogP contribution in [0.4, 0.5) is 4.79 Å². The second kappa shape index (κ2) is 5.29.